The number of para-hydroxylation sites is 1. The molecule has 1 saturated heterocycles. The second kappa shape index (κ2) is 7.27. The number of halogens is 3. The Morgan fingerprint density at radius 3 is 2.30 bits per heavy atom. The molecule has 0 bridgehead atoms. The fraction of sp³-hybridized carbons (Fsp3) is 0.278. The van der Waals surface area contributed by atoms with Gasteiger partial charge in [-0.15, -0.1) is 0 Å². The van der Waals surface area contributed by atoms with Crippen LogP contribution in [0.15, 0.2) is 47.4 Å². The third kappa shape index (κ3) is 4.01. The molecule has 1 aliphatic rings. The highest BCUT2D eigenvalue weighted by atomic mass is 32.2. The van der Waals surface area contributed by atoms with E-state index < -0.39 is 49.3 Å². The van der Waals surface area contributed by atoms with Crippen molar-refractivity contribution in [3.05, 3.63) is 53.6 Å². The molecule has 0 aromatic heterocycles. The average Bonchev–Trinajstić information content (AvgIpc) is 2.80. The van der Waals surface area contributed by atoms with E-state index >= 15 is 0 Å². The Kier molecular flexibility index (Phi) is 5.35. The zero-order valence-corrected chi connectivity index (χ0v) is 17.4. The summed E-state index contributed by atoms with van der Waals surface area (Å²) in [6.07, 6.45) is -4.76. The van der Waals surface area contributed by atoms with E-state index in [1.807, 2.05) is 4.72 Å². The van der Waals surface area contributed by atoms with E-state index in [0.29, 0.717) is 4.31 Å². The fourth-order valence-corrected chi connectivity index (χ4v) is 6.29. The van der Waals surface area contributed by atoms with Gasteiger partial charge in [0.1, 0.15) is 0 Å². The number of carbonyl (C=O) groups is 1. The molecule has 0 spiro atoms. The second-order valence-corrected chi connectivity index (χ2v) is 10.4. The highest BCUT2D eigenvalue weighted by Gasteiger charge is 2.42. The quantitative estimate of drug-likeness (QED) is 0.753. The number of aryl methyl sites for hydroxylation is 1. The van der Waals surface area contributed by atoms with Crippen molar-refractivity contribution in [2.45, 2.75) is 24.9 Å². The Balaban J connectivity index is 1.99. The molecule has 0 aliphatic carbocycles. The molecule has 1 aliphatic heterocycles. The molecule has 7 nitrogen and oxygen atoms in total. The van der Waals surface area contributed by atoms with Crippen LogP contribution in [0.1, 0.15) is 18.1 Å². The molecule has 162 valence electrons. The van der Waals surface area contributed by atoms with Crippen LogP contribution in [0.3, 0.4) is 0 Å². The van der Waals surface area contributed by atoms with E-state index in [1.54, 1.807) is 0 Å². The number of hydrogen-bond acceptors (Lipinski definition) is 5. The first-order valence-corrected chi connectivity index (χ1v) is 11.7. The van der Waals surface area contributed by atoms with Crippen molar-refractivity contribution >= 4 is 37.3 Å². The number of carbonyl (C=O) groups excluding carboxylic acids is 1. The Bertz CT molecular complexity index is 1220. The third-order valence-electron chi connectivity index (χ3n) is 4.52. The van der Waals surface area contributed by atoms with Crippen molar-refractivity contribution in [3.8, 4) is 0 Å². The summed E-state index contributed by atoms with van der Waals surface area (Å²) in [5.41, 5.74) is -1.76. The molecule has 12 heteroatoms. The van der Waals surface area contributed by atoms with Gasteiger partial charge in [-0.2, -0.15) is 13.2 Å². The van der Waals surface area contributed by atoms with Gasteiger partial charge >= 0.3 is 6.18 Å². The van der Waals surface area contributed by atoms with Crippen molar-refractivity contribution in [2.75, 3.05) is 14.8 Å². The summed E-state index contributed by atoms with van der Waals surface area (Å²) in [6, 6.07) is 7.50. The van der Waals surface area contributed by atoms with Gasteiger partial charge in [-0.05, 0) is 42.8 Å². The van der Waals surface area contributed by atoms with Crippen molar-refractivity contribution in [3.63, 3.8) is 0 Å². The van der Waals surface area contributed by atoms with Gasteiger partial charge in [-0.3, -0.25) is 9.52 Å². The molecular weight excluding hydrogens is 445 g/mol. The molecule has 2 aromatic rings. The molecule has 0 saturated carbocycles. The summed E-state index contributed by atoms with van der Waals surface area (Å²) in [4.78, 5) is 11.8. The number of sulfonamides is 2. The largest absolute Gasteiger partial charge is 0.418 e. The van der Waals surface area contributed by atoms with E-state index in [4.69, 9.17) is 0 Å². The number of rotatable bonds is 4. The van der Waals surface area contributed by atoms with Crippen LogP contribution in [-0.4, -0.2) is 28.5 Å². The number of nitrogens with zero attached hydrogens (tertiary/aromatic N) is 1. The third-order valence-corrected chi connectivity index (χ3v) is 7.91. The van der Waals surface area contributed by atoms with Crippen LogP contribution in [0.2, 0.25) is 0 Å². The van der Waals surface area contributed by atoms with Crippen LogP contribution in [0.5, 0.6) is 0 Å². The highest BCUT2D eigenvalue weighted by Crippen LogP contribution is 2.36. The lowest BCUT2D eigenvalue weighted by Crippen LogP contribution is -2.30. The molecule has 1 atom stereocenters. The molecular formula is C18H17F3N2O5S2. The molecule has 1 fully saturated rings. The van der Waals surface area contributed by atoms with Crippen molar-refractivity contribution < 1.29 is 34.8 Å². The molecule has 0 radical (unpaired) electrons. The van der Waals surface area contributed by atoms with Gasteiger partial charge < -0.3 is 0 Å². The summed E-state index contributed by atoms with van der Waals surface area (Å²) < 4.78 is 91.8. The lowest BCUT2D eigenvalue weighted by molar-refractivity contribution is -0.136. The van der Waals surface area contributed by atoms with Crippen LogP contribution in [-0.2, 0) is 31.0 Å². The first-order valence-electron chi connectivity index (χ1n) is 8.60. The van der Waals surface area contributed by atoms with Crippen LogP contribution >= 0.6 is 0 Å². The topological polar surface area (TPSA) is 101 Å². The summed E-state index contributed by atoms with van der Waals surface area (Å²) in [5.74, 6) is -1.73. The van der Waals surface area contributed by atoms with Crippen molar-refractivity contribution in [1.29, 1.82) is 0 Å². The number of hydrogen-bond donors (Lipinski definition) is 1. The zero-order valence-electron chi connectivity index (χ0n) is 15.8. The van der Waals surface area contributed by atoms with Gasteiger partial charge in [0.2, 0.25) is 15.9 Å². The predicted molar refractivity (Wildman–Crippen MR) is 104 cm³/mol. The highest BCUT2D eigenvalue weighted by molar-refractivity contribution is 7.94. The monoisotopic (exact) mass is 462 g/mol. The number of amides is 1. The average molecular weight is 462 g/mol. The zero-order chi connectivity index (χ0) is 22.5. The second-order valence-electron chi connectivity index (χ2n) is 6.88. The standard InChI is InChI=1S/C18H17F3N2O5S2/c1-11-9-13(23-17(24)12(2)10-29(23,25)26)7-8-16(11)30(27,28)22-15-6-4-3-5-14(15)18(19,20)21/h3-9,12,22H,10H2,1-2H3. The van der Waals surface area contributed by atoms with E-state index in [9.17, 15) is 34.8 Å². The summed E-state index contributed by atoms with van der Waals surface area (Å²) in [7, 11) is -8.30. The Morgan fingerprint density at radius 1 is 1.13 bits per heavy atom. The van der Waals surface area contributed by atoms with E-state index in [1.165, 1.54) is 26.0 Å². The fourth-order valence-electron chi connectivity index (χ4n) is 3.17. The Labute approximate surface area is 171 Å². The normalized spacial score (nSPS) is 19.2. The Morgan fingerprint density at radius 2 is 1.77 bits per heavy atom. The van der Waals surface area contributed by atoms with Gasteiger partial charge in [0.15, 0.2) is 0 Å². The van der Waals surface area contributed by atoms with Gasteiger partial charge in [0, 0.05) is 0 Å². The van der Waals surface area contributed by atoms with Crippen molar-refractivity contribution in [2.24, 2.45) is 5.92 Å². The molecule has 30 heavy (non-hydrogen) atoms. The minimum Gasteiger partial charge on any atom is -0.279 e. The van der Waals surface area contributed by atoms with E-state index in [2.05, 4.69) is 0 Å². The molecule has 1 amide bonds. The van der Waals surface area contributed by atoms with Crippen LogP contribution in [0.4, 0.5) is 24.5 Å². The van der Waals surface area contributed by atoms with E-state index in [0.717, 1.165) is 30.3 Å². The maximum absolute atomic E-state index is 13.1. The Hall–Kier alpha value is -2.60. The lowest BCUT2D eigenvalue weighted by Gasteiger charge is -2.18. The molecule has 2 aromatic carbocycles. The minimum atomic E-state index is -4.76. The van der Waals surface area contributed by atoms with Gasteiger partial charge in [-0.1, -0.05) is 19.1 Å². The summed E-state index contributed by atoms with van der Waals surface area (Å²) >= 11 is 0. The van der Waals surface area contributed by atoms with Crippen LogP contribution in [0, 0.1) is 12.8 Å². The smallest absolute Gasteiger partial charge is 0.279 e. The number of alkyl halides is 3. The van der Waals surface area contributed by atoms with E-state index in [-0.39, 0.29) is 21.9 Å². The van der Waals surface area contributed by atoms with Crippen molar-refractivity contribution in [1.82, 2.24) is 0 Å². The summed E-state index contributed by atoms with van der Waals surface area (Å²) in [6.45, 7) is 2.82. The molecule has 1 unspecified atom stereocenters. The van der Waals surface area contributed by atoms with Gasteiger partial charge in [0.25, 0.3) is 10.0 Å². The number of anilines is 2. The maximum Gasteiger partial charge on any atom is 0.418 e. The summed E-state index contributed by atoms with van der Waals surface area (Å²) in [5, 5.41) is 0. The number of nitrogens with one attached hydrogen (secondary N) is 1. The first-order chi connectivity index (χ1) is 13.7. The first kappa shape index (κ1) is 22.1. The predicted octanol–water partition coefficient (Wildman–Crippen LogP) is 3.13. The van der Waals surface area contributed by atoms with Gasteiger partial charge in [-0.25, -0.2) is 21.1 Å². The molecule has 1 heterocycles. The SMILES string of the molecule is Cc1cc(N2C(=O)C(C)CS2(=O)=O)ccc1S(=O)(=O)Nc1ccccc1C(F)(F)F. The molecule has 1 N–H and O–H groups in total. The van der Waals surface area contributed by atoms with Crippen LogP contribution < -0.4 is 9.03 Å². The number of benzene rings is 2. The minimum absolute atomic E-state index is 0.0310. The van der Waals surface area contributed by atoms with Gasteiger partial charge in [0.05, 0.1) is 33.5 Å². The lowest BCUT2D eigenvalue weighted by atomic mass is 10.2. The van der Waals surface area contributed by atoms with Crippen LogP contribution in [0.25, 0.3) is 0 Å². The maximum atomic E-state index is 13.1. The molecule has 3 rings (SSSR count).